The second kappa shape index (κ2) is 5.95. The number of hydrogen-bond donors (Lipinski definition) is 2. The Bertz CT molecular complexity index is 611. The van der Waals surface area contributed by atoms with Crippen LogP contribution in [0, 0.1) is 0 Å². The summed E-state index contributed by atoms with van der Waals surface area (Å²) in [7, 11) is 0. The van der Waals surface area contributed by atoms with Crippen LogP contribution in [0.1, 0.15) is 42.6 Å². The second-order valence-corrected chi connectivity index (χ2v) is 5.61. The van der Waals surface area contributed by atoms with Gasteiger partial charge in [0.2, 0.25) is 5.89 Å². The van der Waals surface area contributed by atoms with Crippen LogP contribution in [0.4, 0.5) is 0 Å². The molecule has 0 fully saturated rings. The molecule has 1 atom stereocenters. The number of rotatable bonds is 6. The molecule has 1 aliphatic rings. The fourth-order valence-electron chi connectivity index (χ4n) is 3.02. The number of benzene rings is 1. The molecule has 0 bridgehead atoms. The van der Waals surface area contributed by atoms with Gasteiger partial charge >= 0.3 is 0 Å². The van der Waals surface area contributed by atoms with Crippen molar-refractivity contribution >= 4 is 0 Å². The number of aliphatic hydroxyl groups is 1. The number of nitrogens with zero attached hydrogens (tertiary/aromatic N) is 2. The van der Waals surface area contributed by atoms with Crippen molar-refractivity contribution in [3.05, 3.63) is 47.1 Å². The second-order valence-electron chi connectivity index (χ2n) is 5.61. The summed E-state index contributed by atoms with van der Waals surface area (Å²) in [5.74, 6) is 1.33. The number of aryl methyl sites for hydroxylation is 2. The van der Waals surface area contributed by atoms with Crippen LogP contribution in [0.5, 0.6) is 0 Å². The summed E-state index contributed by atoms with van der Waals surface area (Å²) in [6.07, 6.45) is 3.67. The first-order chi connectivity index (χ1) is 10.3. The van der Waals surface area contributed by atoms with E-state index in [4.69, 9.17) is 4.52 Å². The SMILES string of the molecule is CCCc1nc(CNC2(CO)CCc3ccccc32)no1. The zero-order chi connectivity index (χ0) is 14.7. The zero-order valence-corrected chi connectivity index (χ0v) is 12.3. The number of nitrogens with one attached hydrogen (secondary N) is 1. The van der Waals surface area contributed by atoms with E-state index in [1.807, 2.05) is 12.1 Å². The molecule has 0 radical (unpaired) electrons. The molecule has 2 N–H and O–H groups in total. The van der Waals surface area contributed by atoms with Crippen LogP contribution in [0.3, 0.4) is 0 Å². The third-order valence-electron chi connectivity index (χ3n) is 4.18. The van der Waals surface area contributed by atoms with E-state index in [-0.39, 0.29) is 12.1 Å². The highest BCUT2D eigenvalue weighted by Gasteiger charge is 2.37. The van der Waals surface area contributed by atoms with Gasteiger partial charge in [-0.2, -0.15) is 4.98 Å². The molecule has 1 aromatic carbocycles. The van der Waals surface area contributed by atoms with Crippen molar-refractivity contribution in [2.24, 2.45) is 0 Å². The molecule has 0 saturated carbocycles. The van der Waals surface area contributed by atoms with Crippen molar-refractivity contribution in [2.45, 2.75) is 44.7 Å². The van der Waals surface area contributed by atoms with Crippen LogP contribution in [-0.2, 0) is 24.9 Å². The minimum atomic E-state index is -0.387. The van der Waals surface area contributed by atoms with Crippen LogP contribution >= 0.6 is 0 Å². The van der Waals surface area contributed by atoms with Crippen LogP contribution < -0.4 is 5.32 Å². The first kappa shape index (κ1) is 14.2. The standard InChI is InChI=1S/C16H21N3O2/c1-2-5-15-18-14(19-21-15)10-17-16(11-20)9-8-12-6-3-4-7-13(12)16/h3-4,6-7,17,20H,2,5,8-11H2,1H3. The van der Waals surface area contributed by atoms with E-state index in [0.717, 1.165) is 25.7 Å². The first-order valence-electron chi connectivity index (χ1n) is 7.53. The molecular formula is C16H21N3O2. The molecule has 21 heavy (non-hydrogen) atoms. The van der Waals surface area contributed by atoms with Gasteiger partial charge in [0.1, 0.15) is 0 Å². The Labute approximate surface area is 124 Å². The molecule has 0 spiro atoms. The molecule has 112 valence electrons. The monoisotopic (exact) mass is 287 g/mol. The van der Waals surface area contributed by atoms with Crippen LogP contribution in [0.15, 0.2) is 28.8 Å². The lowest BCUT2D eigenvalue weighted by molar-refractivity contribution is 0.157. The molecule has 1 heterocycles. The lowest BCUT2D eigenvalue weighted by Crippen LogP contribution is -2.43. The summed E-state index contributed by atoms with van der Waals surface area (Å²) in [5, 5.41) is 17.3. The molecule has 2 aromatic rings. The molecule has 0 aliphatic heterocycles. The first-order valence-corrected chi connectivity index (χ1v) is 7.53. The van der Waals surface area contributed by atoms with Crippen molar-refractivity contribution in [3.8, 4) is 0 Å². The fraction of sp³-hybridized carbons (Fsp3) is 0.500. The lowest BCUT2D eigenvalue weighted by atomic mass is 9.92. The Kier molecular flexibility index (Phi) is 4.03. The van der Waals surface area contributed by atoms with E-state index in [2.05, 4.69) is 34.5 Å². The molecule has 1 aromatic heterocycles. The number of aromatic nitrogens is 2. The fourth-order valence-corrected chi connectivity index (χ4v) is 3.02. The van der Waals surface area contributed by atoms with Gasteiger partial charge in [0.15, 0.2) is 5.82 Å². The van der Waals surface area contributed by atoms with Gasteiger partial charge < -0.3 is 9.63 Å². The van der Waals surface area contributed by atoms with E-state index in [1.165, 1.54) is 11.1 Å². The Hall–Kier alpha value is -1.72. The summed E-state index contributed by atoms with van der Waals surface area (Å²) in [6, 6.07) is 8.28. The Morgan fingerprint density at radius 3 is 3.05 bits per heavy atom. The van der Waals surface area contributed by atoms with Crippen molar-refractivity contribution in [1.29, 1.82) is 0 Å². The summed E-state index contributed by atoms with van der Waals surface area (Å²) in [6.45, 7) is 2.66. The maximum atomic E-state index is 9.90. The predicted molar refractivity (Wildman–Crippen MR) is 78.7 cm³/mol. The summed E-state index contributed by atoms with van der Waals surface area (Å²) < 4.78 is 5.19. The van der Waals surface area contributed by atoms with Gasteiger partial charge in [-0.1, -0.05) is 36.3 Å². The smallest absolute Gasteiger partial charge is 0.226 e. The normalized spacial score (nSPS) is 20.7. The maximum Gasteiger partial charge on any atom is 0.226 e. The van der Waals surface area contributed by atoms with E-state index in [9.17, 15) is 5.11 Å². The van der Waals surface area contributed by atoms with Gasteiger partial charge in [0, 0.05) is 6.42 Å². The Morgan fingerprint density at radius 1 is 1.38 bits per heavy atom. The van der Waals surface area contributed by atoms with Gasteiger partial charge in [-0.25, -0.2) is 0 Å². The van der Waals surface area contributed by atoms with Crippen molar-refractivity contribution in [3.63, 3.8) is 0 Å². The van der Waals surface area contributed by atoms with Gasteiger partial charge in [0.25, 0.3) is 0 Å². The highest BCUT2D eigenvalue weighted by molar-refractivity contribution is 5.38. The van der Waals surface area contributed by atoms with Gasteiger partial charge in [0.05, 0.1) is 18.7 Å². The zero-order valence-electron chi connectivity index (χ0n) is 12.3. The van der Waals surface area contributed by atoms with E-state index < -0.39 is 0 Å². The van der Waals surface area contributed by atoms with Crippen LogP contribution in [-0.4, -0.2) is 21.9 Å². The highest BCUT2D eigenvalue weighted by atomic mass is 16.5. The topological polar surface area (TPSA) is 71.2 Å². The van der Waals surface area contributed by atoms with Gasteiger partial charge in [-0.3, -0.25) is 5.32 Å². The molecule has 1 unspecified atom stereocenters. The quantitative estimate of drug-likeness (QED) is 0.849. The number of fused-ring (bicyclic) bond motifs is 1. The molecule has 5 heteroatoms. The molecule has 3 rings (SSSR count). The Morgan fingerprint density at radius 2 is 2.24 bits per heavy atom. The van der Waals surface area contributed by atoms with Gasteiger partial charge in [-0.05, 0) is 30.4 Å². The number of hydrogen-bond acceptors (Lipinski definition) is 5. The minimum absolute atomic E-state index is 0.0731. The average Bonchev–Trinajstić information content (AvgIpc) is 3.11. The molecule has 0 saturated heterocycles. The van der Waals surface area contributed by atoms with Crippen molar-refractivity contribution in [1.82, 2.24) is 15.5 Å². The lowest BCUT2D eigenvalue weighted by Gasteiger charge is -2.29. The highest BCUT2D eigenvalue weighted by Crippen LogP contribution is 2.36. The van der Waals surface area contributed by atoms with E-state index >= 15 is 0 Å². The molecular weight excluding hydrogens is 266 g/mol. The predicted octanol–water partition coefficient (Wildman–Crippen LogP) is 1.95. The van der Waals surface area contributed by atoms with Crippen molar-refractivity contribution < 1.29 is 9.63 Å². The third-order valence-corrected chi connectivity index (χ3v) is 4.18. The Balaban J connectivity index is 1.73. The van der Waals surface area contributed by atoms with Crippen LogP contribution in [0.2, 0.25) is 0 Å². The largest absolute Gasteiger partial charge is 0.394 e. The van der Waals surface area contributed by atoms with Crippen LogP contribution in [0.25, 0.3) is 0 Å². The number of aliphatic hydroxyl groups excluding tert-OH is 1. The van der Waals surface area contributed by atoms with Crippen molar-refractivity contribution in [2.75, 3.05) is 6.61 Å². The minimum Gasteiger partial charge on any atom is -0.394 e. The molecule has 1 aliphatic carbocycles. The maximum absolute atomic E-state index is 9.90. The summed E-state index contributed by atoms with van der Waals surface area (Å²) in [4.78, 5) is 4.36. The van der Waals surface area contributed by atoms with E-state index in [0.29, 0.717) is 18.3 Å². The van der Waals surface area contributed by atoms with E-state index in [1.54, 1.807) is 0 Å². The third kappa shape index (κ3) is 2.71. The van der Waals surface area contributed by atoms with Gasteiger partial charge in [-0.15, -0.1) is 0 Å². The molecule has 0 amide bonds. The summed E-state index contributed by atoms with van der Waals surface area (Å²) >= 11 is 0. The average molecular weight is 287 g/mol. The summed E-state index contributed by atoms with van der Waals surface area (Å²) in [5.41, 5.74) is 2.10. The molecule has 5 nitrogen and oxygen atoms in total.